The van der Waals surface area contributed by atoms with Gasteiger partial charge in [-0.05, 0) is 0 Å². The molecule has 3 amide bonds. The molecule has 0 fully saturated rings. The Hall–Kier alpha value is -2.11. The van der Waals surface area contributed by atoms with E-state index < -0.39 is 11.9 Å². The first-order chi connectivity index (χ1) is 6.58. The van der Waals surface area contributed by atoms with Crippen LogP contribution in [0, 0.1) is 0 Å². The van der Waals surface area contributed by atoms with E-state index in [1.807, 2.05) is 5.32 Å². The summed E-state index contributed by atoms with van der Waals surface area (Å²) in [4.78, 5) is 32.0. The quantitative estimate of drug-likeness (QED) is 0.636. The standard InChI is InChI=1S/C8H9N3O3/c9-8(14)10-7(13)5-11-3-1-6(12)2-4-11/h1-4H,5H2,(H3,9,10,13,14). The fourth-order valence-corrected chi connectivity index (χ4v) is 0.892. The van der Waals surface area contributed by atoms with Gasteiger partial charge in [-0.15, -0.1) is 0 Å². The number of primary amides is 1. The molecule has 0 aliphatic rings. The van der Waals surface area contributed by atoms with Crippen LogP contribution < -0.4 is 16.5 Å². The zero-order valence-electron chi connectivity index (χ0n) is 7.27. The van der Waals surface area contributed by atoms with E-state index >= 15 is 0 Å². The first-order valence-corrected chi connectivity index (χ1v) is 3.83. The molecule has 0 aliphatic heterocycles. The summed E-state index contributed by atoms with van der Waals surface area (Å²) in [5.41, 5.74) is 4.60. The van der Waals surface area contributed by atoms with Crippen molar-refractivity contribution in [1.29, 1.82) is 0 Å². The van der Waals surface area contributed by atoms with Gasteiger partial charge in [0.2, 0.25) is 5.91 Å². The van der Waals surface area contributed by atoms with Gasteiger partial charge in [0.1, 0.15) is 6.54 Å². The molecule has 0 radical (unpaired) electrons. The Kier molecular flexibility index (Phi) is 3.01. The fraction of sp³-hybridized carbons (Fsp3) is 0.125. The van der Waals surface area contributed by atoms with E-state index in [4.69, 9.17) is 5.73 Å². The van der Waals surface area contributed by atoms with E-state index in [0.717, 1.165) is 0 Å². The summed E-state index contributed by atoms with van der Waals surface area (Å²) in [5, 5.41) is 1.91. The molecule has 0 unspecified atom stereocenters. The lowest BCUT2D eigenvalue weighted by Gasteiger charge is -2.03. The fourth-order valence-electron chi connectivity index (χ4n) is 0.892. The minimum atomic E-state index is -0.893. The molecule has 0 aromatic carbocycles. The van der Waals surface area contributed by atoms with Crippen LogP contribution in [-0.2, 0) is 11.3 Å². The molecule has 1 aromatic heterocycles. The Balaban J connectivity index is 2.60. The molecular formula is C8H9N3O3. The zero-order valence-corrected chi connectivity index (χ0v) is 7.27. The number of amides is 3. The highest BCUT2D eigenvalue weighted by Gasteiger charge is 2.03. The van der Waals surface area contributed by atoms with Crippen LogP contribution in [0.15, 0.2) is 29.3 Å². The normalized spacial score (nSPS) is 9.43. The number of rotatable bonds is 2. The first kappa shape index (κ1) is 9.97. The number of urea groups is 1. The van der Waals surface area contributed by atoms with Gasteiger partial charge < -0.3 is 10.3 Å². The van der Waals surface area contributed by atoms with Crippen molar-refractivity contribution < 1.29 is 9.59 Å². The van der Waals surface area contributed by atoms with Crippen LogP contribution in [0.2, 0.25) is 0 Å². The van der Waals surface area contributed by atoms with Gasteiger partial charge in [-0.3, -0.25) is 14.9 Å². The summed E-state index contributed by atoms with van der Waals surface area (Å²) in [6.07, 6.45) is 2.89. The molecule has 1 rings (SSSR count). The number of nitrogens with zero attached hydrogens (tertiary/aromatic N) is 1. The van der Waals surface area contributed by atoms with E-state index in [1.54, 1.807) is 0 Å². The van der Waals surface area contributed by atoms with Gasteiger partial charge in [-0.25, -0.2) is 4.79 Å². The van der Waals surface area contributed by atoms with Gasteiger partial charge in [0, 0.05) is 24.5 Å². The molecule has 1 aromatic rings. The molecule has 6 heteroatoms. The number of nitrogens with one attached hydrogen (secondary N) is 1. The SMILES string of the molecule is NC(=O)NC(=O)Cn1ccc(=O)cc1. The number of imide groups is 1. The average Bonchev–Trinajstić information content (AvgIpc) is 2.07. The molecule has 74 valence electrons. The summed E-state index contributed by atoms with van der Waals surface area (Å²) >= 11 is 0. The first-order valence-electron chi connectivity index (χ1n) is 3.83. The number of carbonyl (C=O) groups excluding carboxylic acids is 2. The Bertz CT molecular complexity index is 390. The van der Waals surface area contributed by atoms with Crippen LogP contribution in [0.1, 0.15) is 0 Å². The average molecular weight is 195 g/mol. The molecule has 0 saturated heterocycles. The minimum Gasteiger partial charge on any atom is -0.351 e. The maximum absolute atomic E-state index is 11.0. The molecule has 1 heterocycles. The van der Waals surface area contributed by atoms with Crippen LogP contribution >= 0.6 is 0 Å². The predicted octanol–water partition coefficient (Wildman–Crippen LogP) is -0.957. The van der Waals surface area contributed by atoms with Gasteiger partial charge in [0.25, 0.3) is 0 Å². The number of pyridine rings is 1. The van der Waals surface area contributed by atoms with Gasteiger partial charge in [-0.1, -0.05) is 0 Å². The second kappa shape index (κ2) is 4.22. The monoisotopic (exact) mass is 195 g/mol. The van der Waals surface area contributed by atoms with Gasteiger partial charge in [-0.2, -0.15) is 0 Å². The molecule has 0 spiro atoms. The van der Waals surface area contributed by atoms with Crippen molar-refractivity contribution >= 4 is 11.9 Å². The Morgan fingerprint density at radius 2 is 1.93 bits per heavy atom. The molecule has 0 aliphatic carbocycles. The van der Waals surface area contributed by atoms with Crippen LogP contribution in [0.3, 0.4) is 0 Å². The Morgan fingerprint density at radius 1 is 1.36 bits per heavy atom. The van der Waals surface area contributed by atoms with Gasteiger partial charge in [0.15, 0.2) is 5.43 Å². The van der Waals surface area contributed by atoms with Crippen molar-refractivity contribution in [2.45, 2.75) is 6.54 Å². The lowest BCUT2D eigenvalue weighted by atomic mass is 10.4. The van der Waals surface area contributed by atoms with Crippen molar-refractivity contribution in [2.75, 3.05) is 0 Å². The Morgan fingerprint density at radius 3 is 2.43 bits per heavy atom. The lowest BCUT2D eigenvalue weighted by molar-refractivity contribution is -0.120. The molecule has 14 heavy (non-hydrogen) atoms. The maximum atomic E-state index is 11.0. The van der Waals surface area contributed by atoms with Crippen LogP contribution in [0.4, 0.5) is 4.79 Å². The molecule has 6 nitrogen and oxygen atoms in total. The van der Waals surface area contributed by atoms with Crippen LogP contribution in [0.5, 0.6) is 0 Å². The summed E-state index contributed by atoms with van der Waals surface area (Å²) in [7, 11) is 0. The van der Waals surface area contributed by atoms with Crippen molar-refractivity contribution in [3.05, 3.63) is 34.7 Å². The van der Waals surface area contributed by atoms with Gasteiger partial charge >= 0.3 is 6.03 Å². The highest BCUT2D eigenvalue weighted by atomic mass is 16.2. The smallest absolute Gasteiger partial charge is 0.318 e. The highest BCUT2D eigenvalue weighted by molar-refractivity contribution is 5.93. The van der Waals surface area contributed by atoms with E-state index in [0.29, 0.717) is 0 Å². The molecule has 0 saturated carbocycles. The van der Waals surface area contributed by atoms with E-state index in [2.05, 4.69) is 0 Å². The zero-order chi connectivity index (χ0) is 10.6. The topological polar surface area (TPSA) is 94.2 Å². The summed E-state index contributed by atoms with van der Waals surface area (Å²) in [6.45, 7) is -0.0524. The van der Waals surface area contributed by atoms with Crippen molar-refractivity contribution in [2.24, 2.45) is 5.73 Å². The second-order valence-electron chi connectivity index (χ2n) is 2.62. The summed E-state index contributed by atoms with van der Waals surface area (Å²) < 4.78 is 1.46. The molecule has 0 atom stereocenters. The van der Waals surface area contributed by atoms with Gasteiger partial charge in [0.05, 0.1) is 0 Å². The van der Waals surface area contributed by atoms with Crippen molar-refractivity contribution in [1.82, 2.24) is 9.88 Å². The highest BCUT2D eigenvalue weighted by Crippen LogP contribution is 1.84. The van der Waals surface area contributed by atoms with E-state index in [-0.39, 0.29) is 12.0 Å². The van der Waals surface area contributed by atoms with Crippen LogP contribution in [-0.4, -0.2) is 16.5 Å². The van der Waals surface area contributed by atoms with E-state index in [1.165, 1.54) is 29.1 Å². The van der Waals surface area contributed by atoms with Crippen LogP contribution in [0.25, 0.3) is 0 Å². The molecule has 3 N–H and O–H groups in total. The summed E-state index contributed by atoms with van der Waals surface area (Å²) in [5.74, 6) is -0.527. The third kappa shape index (κ3) is 3.10. The number of nitrogens with two attached hydrogens (primary N) is 1. The molecular weight excluding hydrogens is 186 g/mol. The summed E-state index contributed by atoms with van der Waals surface area (Å²) in [6, 6.07) is 1.74. The Labute approximate surface area is 79.3 Å². The van der Waals surface area contributed by atoms with E-state index in [9.17, 15) is 14.4 Å². The number of hydrogen-bond acceptors (Lipinski definition) is 3. The lowest BCUT2D eigenvalue weighted by Crippen LogP contribution is -2.37. The van der Waals surface area contributed by atoms with Crippen molar-refractivity contribution in [3.8, 4) is 0 Å². The number of aromatic nitrogens is 1. The third-order valence-corrected chi connectivity index (χ3v) is 1.45. The third-order valence-electron chi connectivity index (χ3n) is 1.45. The maximum Gasteiger partial charge on any atom is 0.318 e. The van der Waals surface area contributed by atoms with Crippen molar-refractivity contribution in [3.63, 3.8) is 0 Å². The molecule has 0 bridgehead atoms. The number of carbonyl (C=O) groups is 2. The number of hydrogen-bond donors (Lipinski definition) is 2. The second-order valence-corrected chi connectivity index (χ2v) is 2.62. The minimum absolute atomic E-state index is 0.0524. The predicted molar refractivity (Wildman–Crippen MR) is 48.4 cm³/mol. The largest absolute Gasteiger partial charge is 0.351 e.